The van der Waals surface area contributed by atoms with Crippen LogP contribution in [0.15, 0.2) is 41.2 Å². The van der Waals surface area contributed by atoms with Gasteiger partial charge in [0, 0.05) is 24.7 Å². The van der Waals surface area contributed by atoms with Crippen molar-refractivity contribution in [1.82, 2.24) is 15.1 Å². The lowest BCUT2D eigenvalue weighted by Crippen LogP contribution is -2.28. The SMILES string of the molecule is CN(Cc1ccccc1Cl)C(=O)c1ccc(=O)[nH]n1. The second-order valence-corrected chi connectivity index (χ2v) is 4.47. The third-order valence-electron chi connectivity index (χ3n) is 2.61. The van der Waals surface area contributed by atoms with Crippen LogP contribution in [0.4, 0.5) is 0 Å². The highest BCUT2D eigenvalue weighted by molar-refractivity contribution is 6.31. The van der Waals surface area contributed by atoms with E-state index in [0.717, 1.165) is 5.56 Å². The van der Waals surface area contributed by atoms with Crippen LogP contribution < -0.4 is 5.56 Å². The molecule has 5 nitrogen and oxygen atoms in total. The molecule has 1 amide bonds. The first kappa shape index (κ1) is 13.3. The summed E-state index contributed by atoms with van der Waals surface area (Å²) in [6.45, 7) is 0.374. The lowest BCUT2D eigenvalue weighted by molar-refractivity contribution is 0.0778. The third kappa shape index (κ3) is 3.20. The largest absolute Gasteiger partial charge is 0.336 e. The fourth-order valence-electron chi connectivity index (χ4n) is 1.61. The van der Waals surface area contributed by atoms with E-state index < -0.39 is 0 Å². The molecular weight excluding hydrogens is 266 g/mol. The lowest BCUT2D eigenvalue weighted by Gasteiger charge is -2.17. The van der Waals surface area contributed by atoms with Gasteiger partial charge in [0.25, 0.3) is 11.5 Å². The van der Waals surface area contributed by atoms with Crippen LogP contribution in [0.2, 0.25) is 5.02 Å². The molecule has 6 heteroatoms. The molecule has 2 rings (SSSR count). The predicted molar refractivity (Wildman–Crippen MR) is 72.1 cm³/mol. The number of nitrogens with one attached hydrogen (secondary N) is 1. The Labute approximate surface area is 114 Å². The summed E-state index contributed by atoms with van der Waals surface area (Å²) in [7, 11) is 1.65. The fourth-order valence-corrected chi connectivity index (χ4v) is 1.81. The summed E-state index contributed by atoms with van der Waals surface area (Å²) in [4.78, 5) is 24.4. The number of H-pyrrole nitrogens is 1. The molecule has 2 aromatic rings. The molecule has 0 bridgehead atoms. The monoisotopic (exact) mass is 277 g/mol. The molecule has 1 heterocycles. The first-order valence-corrected chi connectivity index (χ1v) is 6.00. The van der Waals surface area contributed by atoms with Crippen LogP contribution in [-0.2, 0) is 6.54 Å². The van der Waals surface area contributed by atoms with Gasteiger partial charge in [-0.25, -0.2) is 5.10 Å². The summed E-state index contributed by atoms with van der Waals surface area (Å²) in [5, 5.41) is 6.54. The second-order valence-electron chi connectivity index (χ2n) is 4.06. The van der Waals surface area contributed by atoms with Crippen molar-refractivity contribution >= 4 is 17.5 Å². The van der Waals surface area contributed by atoms with E-state index in [1.165, 1.54) is 17.0 Å². The smallest absolute Gasteiger partial charge is 0.274 e. The predicted octanol–water partition coefficient (Wildman–Crippen LogP) is 1.70. The summed E-state index contributed by atoms with van der Waals surface area (Å²) < 4.78 is 0. The van der Waals surface area contributed by atoms with E-state index in [1.54, 1.807) is 13.1 Å². The van der Waals surface area contributed by atoms with E-state index in [1.807, 2.05) is 18.2 Å². The minimum absolute atomic E-state index is 0.189. The van der Waals surface area contributed by atoms with E-state index in [2.05, 4.69) is 10.2 Å². The van der Waals surface area contributed by atoms with Crippen LogP contribution in [0, 0.1) is 0 Å². The first-order valence-electron chi connectivity index (χ1n) is 5.62. The van der Waals surface area contributed by atoms with Gasteiger partial charge in [-0.1, -0.05) is 29.8 Å². The number of halogens is 1. The molecule has 1 N–H and O–H groups in total. The van der Waals surface area contributed by atoms with E-state index in [-0.39, 0.29) is 17.2 Å². The topological polar surface area (TPSA) is 66.1 Å². The van der Waals surface area contributed by atoms with Crippen molar-refractivity contribution in [2.75, 3.05) is 7.05 Å². The number of carbonyl (C=O) groups excluding carboxylic acids is 1. The van der Waals surface area contributed by atoms with Gasteiger partial charge in [0.15, 0.2) is 0 Å². The number of hydrogen-bond acceptors (Lipinski definition) is 3. The molecule has 0 unspecified atom stereocenters. The Kier molecular flexibility index (Phi) is 3.97. The molecule has 0 aliphatic carbocycles. The Morgan fingerprint density at radius 1 is 1.32 bits per heavy atom. The van der Waals surface area contributed by atoms with Crippen LogP contribution in [0.3, 0.4) is 0 Å². The van der Waals surface area contributed by atoms with Crippen LogP contribution in [0.1, 0.15) is 16.1 Å². The quantitative estimate of drug-likeness (QED) is 0.928. The number of hydrogen-bond donors (Lipinski definition) is 1. The Balaban J connectivity index is 2.14. The third-order valence-corrected chi connectivity index (χ3v) is 2.98. The fraction of sp³-hybridized carbons (Fsp3) is 0.154. The van der Waals surface area contributed by atoms with Gasteiger partial charge in [-0.2, -0.15) is 5.10 Å². The Bertz CT molecular complexity index is 634. The maximum Gasteiger partial charge on any atom is 0.274 e. The van der Waals surface area contributed by atoms with Crippen molar-refractivity contribution < 1.29 is 4.79 Å². The Morgan fingerprint density at radius 3 is 2.68 bits per heavy atom. The minimum atomic E-state index is -0.342. The molecule has 0 saturated heterocycles. The summed E-state index contributed by atoms with van der Waals surface area (Å²) in [6, 6.07) is 9.97. The van der Waals surface area contributed by atoms with Crippen molar-refractivity contribution in [2.45, 2.75) is 6.54 Å². The highest BCUT2D eigenvalue weighted by Gasteiger charge is 2.14. The van der Waals surface area contributed by atoms with Gasteiger partial charge in [0.2, 0.25) is 0 Å². The molecule has 1 aromatic heterocycles. The van der Waals surface area contributed by atoms with Crippen molar-refractivity contribution in [1.29, 1.82) is 0 Å². The van der Waals surface area contributed by atoms with Gasteiger partial charge in [-0.3, -0.25) is 9.59 Å². The minimum Gasteiger partial charge on any atom is -0.336 e. The average Bonchev–Trinajstić information content (AvgIpc) is 2.41. The molecule has 0 radical (unpaired) electrons. The number of rotatable bonds is 3. The first-order chi connectivity index (χ1) is 9.08. The maximum absolute atomic E-state index is 12.1. The zero-order valence-corrected chi connectivity index (χ0v) is 11.0. The van der Waals surface area contributed by atoms with Gasteiger partial charge in [0.1, 0.15) is 5.69 Å². The van der Waals surface area contributed by atoms with Crippen molar-refractivity contribution in [3.8, 4) is 0 Å². The van der Waals surface area contributed by atoms with E-state index in [0.29, 0.717) is 11.6 Å². The highest BCUT2D eigenvalue weighted by Crippen LogP contribution is 2.16. The number of aromatic nitrogens is 2. The highest BCUT2D eigenvalue weighted by atomic mass is 35.5. The summed E-state index contributed by atoms with van der Waals surface area (Å²) >= 11 is 6.04. The van der Waals surface area contributed by atoms with Crippen LogP contribution in [-0.4, -0.2) is 28.1 Å². The van der Waals surface area contributed by atoms with Gasteiger partial charge in [0.05, 0.1) is 0 Å². The van der Waals surface area contributed by atoms with E-state index >= 15 is 0 Å². The van der Waals surface area contributed by atoms with Crippen molar-refractivity contribution in [3.05, 3.63) is 63.0 Å². The second kappa shape index (κ2) is 5.67. The number of aromatic amines is 1. The number of nitrogens with zero attached hydrogens (tertiary/aromatic N) is 2. The van der Waals surface area contributed by atoms with Gasteiger partial charge in [-0.15, -0.1) is 0 Å². The Morgan fingerprint density at radius 2 is 2.05 bits per heavy atom. The standard InChI is InChI=1S/C13H12ClN3O2/c1-17(8-9-4-2-3-5-10(9)14)13(19)11-6-7-12(18)16-15-11/h2-7H,8H2,1H3,(H,16,18). The van der Waals surface area contributed by atoms with Gasteiger partial charge >= 0.3 is 0 Å². The summed E-state index contributed by atoms with van der Waals surface area (Å²) in [5.74, 6) is -0.281. The number of carbonyl (C=O) groups is 1. The molecule has 0 aliphatic rings. The Hall–Kier alpha value is -2.14. The summed E-state index contributed by atoms with van der Waals surface area (Å²) in [6.07, 6.45) is 0. The molecule has 98 valence electrons. The van der Waals surface area contributed by atoms with Gasteiger partial charge in [-0.05, 0) is 17.7 Å². The average molecular weight is 278 g/mol. The van der Waals surface area contributed by atoms with E-state index in [9.17, 15) is 9.59 Å². The molecule has 0 aliphatic heterocycles. The van der Waals surface area contributed by atoms with Crippen molar-refractivity contribution in [3.63, 3.8) is 0 Å². The van der Waals surface area contributed by atoms with Gasteiger partial charge < -0.3 is 4.90 Å². The van der Waals surface area contributed by atoms with E-state index in [4.69, 9.17) is 11.6 Å². The molecule has 19 heavy (non-hydrogen) atoms. The number of amides is 1. The molecule has 0 fully saturated rings. The molecule has 0 spiro atoms. The molecule has 0 atom stereocenters. The normalized spacial score (nSPS) is 10.2. The van der Waals surface area contributed by atoms with Crippen LogP contribution in [0.5, 0.6) is 0 Å². The zero-order chi connectivity index (χ0) is 13.8. The molecular formula is C13H12ClN3O2. The van der Waals surface area contributed by atoms with Crippen LogP contribution in [0.25, 0.3) is 0 Å². The van der Waals surface area contributed by atoms with Crippen molar-refractivity contribution in [2.24, 2.45) is 0 Å². The van der Waals surface area contributed by atoms with Crippen LogP contribution >= 0.6 is 11.6 Å². The maximum atomic E-state index is 12.1. The molecule has 0 saturated carbocycles. The zero-order valence-electron chi connectivity index (χ0n) is 10.3. The summed E-state index contributed by atoms with van der Waals surface area (Å²) in [5.41, 5.74) is 0.698. The number of benzene rings is 1. The lowest BCUT2D eigenvalue weighted by atomic mass is 10.2. The molecule has 1 aromatic carbocycles.